The first-order valence-electron chi connectivity index (χ1n) is 7.54. The second-order valence-electron chi connectivity index (χ2n) is 7.35. The van der Waals surface area contributed by atoms with Gasteiger partial charge in [-0.2, -0.15) is 0 Å². The fourth-order valence-corrected chi connectivity index (χ4v) is 2.15. The smallest absolute Gasteiger partial charge is 0.0412 e. The second-order valence-corrected chi connectivity index (χ2v) is 7.35. The third kappa shape index (κ3) is 3.99. The Labute approximate surface area is 119 Å². The SMILES string of the molecule is CC(C)c1cccc(C(C)C)c1NC(C)C(C)(C)C. The molecule has 0 spiro atoms. The van der Waals surface area contributed by atoms with Crippen LogP contribution < -0.4 is 5.32 Å². The highest BCUT2D eigenvalue weighted by atomic mass is 14.9. The van der Waals surface area contributed by atoms with Crippen molar-refractivity contribution in [3.63, 3.8) is 0 Å². The molecule has 1 aromatic carbocycles. The van der Waals surface area contributed by atoms with E-state index < -0.39 is 0 Å². The molecule has 0 saturated heterocycles. The van der Waals surface area contributed by atoms with Crippen molar-refractivity contribution in [2.24, 2.45) is 5.41 Å². The summed E-state index contributed by atoms with van der Waals surface area (Å²) >= 11 is 0. The lowest BCUT2D eigenvalue weighted by Crippen LogP contribution is -2.31. The van der Waals surface area contributed by atoms with Crippen LogP contribution in [0.15, 0.2) is 18.2 Å². The van der Waals surface area contributed by atoms with E-state index in [4.69, 9.17) is 0 Å². The summed E-state index contributed by atoms with van der Waals surface area (Å²) in [5, 5.41) is 3.78. The van der Waals surface area contributed by atoms with Crippen molar-refractivity contribution in [1.82, 2.24) is 0 Å². The van der Waals surface area contributed by atoms with Gasteiger partial charge in [0.1, 0.15) is 0 Å². The van der Waals surface area contributed by atoms with E-state index in [1.54, 1.807) is 0 Å². The average Bonchev–Trinajstić information content (AvgIpc) is 2.27. The Hall–Kier alpha value is -0.980. The third-order valence-electron chi connectivity index (χ3n) is 4.03. The van der Waals surface area contributed by atoms with E-state index in [-0.39, 0.29) is 5.41 Å². The third-order valence-corrected chi connectivity index (χ3v) is 4.03. The van der Waals surface area contributed by atoms with Crippen LogP contribution in [0.1, 0.15) is 78.4 Å². The maximum atomic E-state index is 3.78. The van der Waals surface area contributed by atoms with Gasteiger partial charge in [0, 0.05) is 11.7 Å². The Balaban J connectivity index is 3.22. The molecule has 0 amide bonds. The van der Waals surface area contributed by atoms with Gasteiger partial charge in [-0.1, -0.05) is 66.7 Å². The van der Waals surface area contributed by atoms with Crippen LogP contribution in [-0.4, -0.2) is 6.04 Å². The minimum absolute atomic E-state index is 0.262. The first-order chi connectivity index (χ1) is 8.64. The molecule has 0 fully saturated rings. The van der Waals surface area contributed by atoms with E-state index in [1.807, 2.05) is 0 Å². The van der Waals surface area contributed by atoms with E-state index in [0.717, 1.165) is 0 Å². The standard InChI is InChI=1S/C18H31N/c1-12(2)15-10-9-11-16(13(3)4)17(15)19-14(5)18(6,7)8/h9-14,19H,1-8H3. The molecule has 0 heterocycles. The van der Waals surface area contributed by atoms with E-state index in [9.17, 15) is 0 Å². The van der Waals surface area contributed by atoms with Crippen LogP contribution in [0, 0.1) is 5.41 Å². The van der Waals surface area contributed by atoms with Crippen molar-refractivity contribution in [2.45, 2.75) is 73.3 Å². The molecule has 1 unspecified atom stereocenters. The highest BCUT2D eigenvalue weighted by Gasteiger charge is 2.22. The molecule has 0 radical (unpaired) electrons. The largest absolute Gasteiger partial charge is 0.382 e. The predicted octanol–water partition coefficient (Wildman–Crippen LogP) is 5.78. The van der Waals surface area contributed by atoms with Gasteiger partial charge in [-0.3, -0.25) is 0 Å². The maximum absolute atomic E-state index is 3.78. The molecule has 0 aliphatic rings. The molecule has 0 saturated carbocycles. The maximum Gasteiger partial charge on any atom is 0.0412 e. The molecular weight excluding hydrogens is 230 g/mol. The molecule has 19 heavy (non-hydrogen) atoms. The first-order valence-corrected chi connectivity index (χ1v) is 7.54. The molecule has 1 aromatic rings. The van der Waals surface area contributed by atoms with Crippen molar-refractivity contribution in [1.29, 1.82) is 0 Å². The Bertz CT molecular complexity index is 384. The van der Waals surface area contributed by atoms with Crippen LogP contribution in [0.5, 0.6) is 0 Å². The summed E-state index contributed by atoms with van der Waals surface area (Å²) in [4.78, 5) is 0. The van der Waals surface area contributed by atoms with Crippen LogP contribution in [0.3, 0.4) is 0 Å². The zero-order chi connectivity index (χ0) is 14.8. The van der Waals surface area contributed by atoms with Gasteiger partial charge in [0.25, 0.3) is 0 Å². The number of nitrogens with one attached hydrogen (secondary N) is 1. The number of hydrogen-bond donors (Lipinski definition) is 1. The molecular formula is C18H31N. The highest BCUT2D eigenvalue weighted by molar-refractivity contribution is 5.60. The Kier molecular flexibility index (Phi) is 5.06. The van der Waals surface area contributed by atoms with Crippen LogP contribution in [0.4, 0.5) is 5.69 Å². The summed E-state index contributed by atoms with van der Waals surface area (Å²) in [6, 6.07) is 7.16. The number of anilines is 1. The zero-order valence-electron chi connectivity index (χ0n) is 14.0. The predicted molar refractivity (Wildman–Crippen MR) is 87.2 cm³/mol. The summed E-state index contributed by atoms with van der Waals surface area (Å²) in [5.41, 5.74) is 4.48. The van der Waals surface area contributed by atoms with Crippen LogP contribution >= 0.6 is 0 Å². The Morgan fingerprint density at radius 3 is 1.58 bits per heavy atom. The quantitative estimate of drug-likeness (QED) is 0.724. The van der Waals surface area contributed by atoms with Crippen LogP contribution in [0.2, 0.25) is 0 Å². The lowest BCUT2D eigenvalue weighted by atomic mass is 9.86. The Morgan fingerprint density at radius 2 is 1.26 bits per heavy atom. The molecule has 1 N–H and O–H groups in total. The van der Waals surface area contributed by atoms with Gasteiger partial charge in [-0.25, -0.2) is 0 Å². The molecule has 0 aliphatic heterocycles. The number of rotatable bonds is 4. The molecule has 0 aromatic heterocycles. The highest BCUT2D eigenvalue weighted by Crippen LogP contribution is 2.34. The first kappa shape index (κ1) is 16.1. The zero-order valence-corrected chi connectivity index (χ0v) is 14.0. The van der Waals surface area contributed by atoms with Crippen molar-refractivity contribution in [3.8, 4) is 0 Å². The summed E-state index contributed by atoms with van der Waals surface area (Å²) < 4.78 is 0. The second kappa shape index (κ2) is 5.98. The lowest BCUT2D eigenvalue weighted by Gasteiger charge is -2.32. The van der Waals surface area contributed by atoms with E-state index in [1.165, 1.54) is 16.8 Å². The molecule has 1 nitrogen and oxygen atoms in total. The molecule has 0 aliphatic carbocycles. The molecule has 1 rings (SSSR count). The number of para-hydroxylation sites is 1. The summed E-state index contributed by atoms with van der Waals surface area (Å²) in [5.74, 6) is 1.10. The lowest BCUT2D eigenvalue weighted by molar-refractivity contribution is 0.359. The van der Waals surface area contributed by atoms with Crippen molar-refractivity contribution in [2.75, 3.05) is 5.32 Å². The molecule has 1 heteroatoms. The fourth-order valence-electron chi connectivity index (χ4n) is 2.15. The van der Waals surface area contributed by atoms with Gasteiger partial charge in [0.2, 0.25) is 0 Å². The van der Waals surface area contributed by atoms with Crippen molar-refractivity contribution in [3.05, 3.63) is 29.3 Å². The molecule has 108 valence electrons. The average molecular weight is 261 g/mol. The van der Waals surface area contributed by atoms with Gasteiger partial charge < -0.3 is 5.32 Å². The molecule has 0 bridgehead atoms. The number of benzene rings is 1. The minimum atomic E-state index is 0.262. The van der Waals surface area contributed by atoms with Gasteiger partial charge in [-0.05, 0) is 35.3 Å². The van der Waals surface area contributed by atoms with Gasteiger partial charge in [0.05, 0.1) is 0 Å². The summed E-state index contributed by atoms with van der Waals surface area (Å²) in [6.07, 6.45) is 0. The van der Waals surface area contributed by atoms with Gasteiger partial charge in [0.15, 0.2) is 0 Å². The van der Waals surface area contributed by atoms with Gasteiger partial charge >= 0.3 is 0 Å². The topological polar surface area (TPSA) is 12.0 Å². The normalized spacial score (nSPS) is 14.0. The van der Waals surface area contributed by atoms with E-state index >= 15 is 0 Å². The fraction of sp³-hybridized carbons (Fsp3) is 0.667. The minimum Gasteiger partial charge on any atom is -0.382 e. The van der Waals surface area contributed by atoms with Crippen LogP contribution in [-0.2, 0) is 0 Å². The monoisotopic (exact) mass is 261 g/mol. The molecule has 1 atom stereocenters. The summed E-state index contributed by atoms with van der Waals surface area (Å²) in [7, 11) is 0. The summed E-state index contributed by atoms with van der Waals surface area (Å²) in [6.45, 7) is 18.2. The Morgan fingerprint density at radius 1 is 0.842 bits per heavy atom. The van der Waals surface area contributed by atoms with Crippen molar-refractivity contribution < 1.29 is 0 Å². The van der Waals surface area contributed by atoms with E-state index in [2.05, 4.69) is 78.9 Å². The van der Waals surface area contributed by atoms with Crippen LogP contribution in [0.25, 0.3) is 0 Å². The van der Waals surface area contributed by atoms with E-state index in [0.29, 0.717) is 17.9 Å². The van der Waals surface area contributed by atoms with Crippen molar-refractivity contribution >= 4 is 5.69 Å². The van der Waals surface area contributed by atoms with Gasteiger partial charge in [-0.15, -0.1) is 0 Å². The number of hydrogen-bond acceptors (Lipinski definition) is 1.